The first kappa shape index (κ1) is 28.2. The molecule has 3 heterocycles. The standard InChI is InChI=1S/C29H30ClN7O4/c1-3-28(38)35-25-13-22-24(14-27(25)40-11-5-10-37-15-21(16-37)39-2)31-18-32-29(22)34-19-7-8-26(23(30)12-19)41-17-20-6-4-9-33-36-20/h3-4,6-9,12-14,18,21H,1,5,10-11,15-17H2,2H3,(H,35,38)(H,31,32,34). The molecular formula is C29H30ClN7O4. The number of carbonyl (C=O) groups is 1. The molecule has 0 radical (unpaired) electrons. The van der Waals surface area contributed by atoms with Crippen LogP contribution in [0.2, 0.25) is 5.02 Å². The highest BCUT2D eigenvalue weighted by Gasteiger charge is 2.25. The van der Waals surface area contributed by atoms with E-state index in [1.54, 1.807) is 43.6 Å². The number of nitrogens with one attached hydrogen (secondary N) is 2. The molecule has 0 atom stereocenters. The van der Waals surface area contributed by atoms with Crippen molar-refractivity contribution in [1.82, 2.24) is 25.1 Å². The molecule has 1 aliphatic heterocycles. The summed E-state index contributed by atoms with van der Waals surface area (Å²) in [6, 6.07) is 12.5. The number of halogens is 1. The van der Waals surface area contributed by atoms with E-state index in [2.05, 4.69) is 42.3 Å². The minimum atomic E-state index is -0.351. The fourth-order valence-electron chi connectivity index (χ4n) is 4.30. The maximum atomic E-state index is 12.2. The molecule has 2 aromatic heterocycles. The van der Waals surface area contributed by atoms with Gasteiger partial charge in [-0.15, -0.1) is 0 Å². The number of anilines is 3. The van der Waals surface area contributed by atoms with Crippen LogP contribution in [0, 0.1) is 0 Å². The number of aromatic nitrogens is 4. The second-order valence-corrected chi connectivity index (χ2v) is 9.78. The van der Waals surface area contributed by atoms with Crippen LogP contribution in [-0.2, 0) is 16.1 Å². The van der Waals surface area contributed by atoms with Gasteiger partial charge in [0.15, 0.2) is 0 Å². The average molecular weight is 576 g/mol. The zero-order chi connectivity index (χ0) is 28.6. The number of ether oxygens (including phenoxy) is 3. The Bertz CT molecular complexity index is 1520. The molecule has 212 valence electrons. The Morgan fingerprint density at radius 3 is 2.80 bits per heavy atom. The quantitative estimate of drug-likeness (QED) is 0.172. The predicted molar refractivity (Wildman–Crippen MR) is 157 cm³/mol. The summed E-state index contributed by atoms with van der Waals surface area (Å²) in [5.74, 6) is 1.21. The minimum Gasteiger partial charge on any atom is -0.491 e. The van der Waals surface area contributed by atoms with E-state index in [-0.39, 0.29) is 12.5 Å². The van der Waals surface area contributed by atoms with Crippen molar-refractivity contribution in [3.63, 3.8) is 0 Å². The summed E-state index contributed by atoms with van der Waals surface area (Å²) in [6.45, 7) is 7.06. The van der Waals surface area contributed by atoms with E-state index in [0.29, 0.717) is 63.0 Å². The molecule has 5 rings (SSSR count). The molecule has 0 aliphatic carbocycles. The third-order valence-electron chi connectivity index (χ3n) is 6.51. The van der Waals surface area contributed by atoms with Crippen molar-refractivity contribution >= 4 is 45.6 Å². The van der Waals surface area contributed by atoms with E-state index in [1.807, 2.05) is 12.1 Å². The van der Waals surface area contributed by atoms with Crippen molar-refractivity contribution in [2.24, 2.45) is 0 Å². The molecule has 0 saturated carbocycles. The summed E-state index contributed by atoms with van der Waals surface area (Å²) in [5, 5.41) is 15.1. The summed E-state index contributed by atoms with van der Waals surface area (Å²) in [5.41, 5.74) is 2.53. The number of rotatable bonds is 13. The van der Waals surface area contributed by atoms with Crippen LogP contribution in [0.15, 0.2) is 67.6 Å². The van der Waals surface area contributed by atoms with Crippen LogP contribution >= 0.6 is 11.6 Å². The van der Waals surface area contributed by atoms with E-state index in [4.69, 9.17) is 25.8 Å². The molecule has 1 aliphatic rings. The molecular weight excluding hydrogens is 546 g/mol. The normalized spacial score (nSPS) is 13.4. The van der Waals surface area contributed by atoms with Gasteiger partial charge in [0.1, 0.15) is 35.9 Å². The summed E-state index contributed by atoms with van der Waals surface area (Å²) in [7, 11) is 1.73. The Kier molecular flexibility index (Phi) is 9.19. The molecule has 1 amide bonds. The van der Waals surface area contributed by atoms with Crippen LogP contribution < -0.4 is 20.1 Å². The number of hydrogen-bond donors (Lipinski definition) is 2. The van der Waals surface area contributed by atoms with Crippen LogP contribution in [0.1, 0.15) is 12.1 Å². The van der Waals surface area contributed by atoms with Crippen LogP contribution in [0.4, 0.5) is 17.2 Å². The molecule has 1 saturated heterocycles. The SMILES string of the molecule is C=CC(=O)Nc1cc2c(Nc3ccc(OCc4cccnn4)c(Cl)c3)ncnc2cc1OCCCN1CC(OC)C1. The Morgan fingerprint density at radius 1 is 1.17 bits per heavy atom. The maximum Gasteiger partial charge on any atom is 0.247 e. The first-order valence-corrected chi connectivity index (χ1v) is 13.5. The second kappa shape index (κ2) is 13.4. The van der Waals surface area contributed by atoms with E-state index in [1.165, 1.54) is 12.4 Å². The first-order chi connectivity index (χ1) is 20.0. The molecule has 12 heteroatoms. The van der Waals surface area contributed by atoms with Crippen molar-refractivity contribution in [2.75, 3.05) is 44.0 Å². The Hall–Kier alpha value is -4.32. The van der Waals surface area contributed by atoms with Gasteiger partial charge in [0.25, 0.3) is 0 Å². The van der Waals surface area contributed by atoms with Gasteiger partial charge in [-0.3, -0.25) is 9.69 Å². The number of hydrogen-bond acceptors (Lipinski definition) is 10. The summed E-state index contributed by atoms with van der Waals surface area (Å²) < 4.78 is 17.2. The zero-order valence-electron chi connectivity index (χ0n) is 22.5. The lowest BCUT2D eigenvalue weighted by Crippen LogP contribution is -2.51. The molecule has 2 aromatic carbocycles. The molecule has 0 bridgehead atoms. The molecule has 4 aromatic rings. The van der Waals surface area contributed by atoms with Crippen molar-refractivity contribution < 1.29 is 19.0 Å². The molecule has 2 N–H and O–H groups in total. The van der Waals surface area contributed by atoms with Crippen molar-refractivity contribution in [3.8, 4) is 11.5 Å². The van der Waals surface area contributed by atoms with Gasteiger partial charge in [-0.1, -0.05) is 18.2 Å². The van der Waals surface area contributed by atoms with Gasteiger partial charge >= 0.3 is 0 Å². The molecule has 0 spiro atoms. The van der Waals surface area contributed by atoms with E-state index in [0.717, 1.165) is 26.1 Å². The fraction of sp³-hybridized carbons (Fsp3) is 0.276. The zero-order valence-corrected chi connectivity index (χ0v) is 23.3. The van der Waals surface area contributed by atoms with Crippen LogP contribution in [0.25, 0.3) is 10.9 Å². The van der Waals surface area contributed by atoms with Gasteiger partial charge in [-0.05, 0) is 48.9 Å². The van der Waals surface area contributed by atoms with Crippen molar-refractivity contribution in [1.29, 1.82) is 0 Å². The molecule has 41 heavy (non-hydrogen) atoms. The lowest BCUT2D eigenvalue weighted by atomic mass is 10.1. The van der Waals surface area contributed by atoms with Crippen LogP contribution in [-0.4, -0.2) is 70.4 Å². The summed E-state index contributed by atoms with van der Waals surface area (Å²) >= 11 is 6.49. The topological polar surface area (TPSA) is 124 Å². The van der Waals surface area contributed by atoms with E-state index < -0.39 is 0 Å². The highest BCUT2D eigenvalue weighted by atomic mass is 35.5. The van der Waals surface area contributed by atoms with E-state index in [9.17, 15) is 4.79 Å². The van der Waals surface area contributed by atoms with Gasteiger partial charge in [0, 0.05) is 50.1 Å². The number of benzene rings is 2. The van der Waals surface area contributed by atoms with Crippen LogP contribution in [0.5, 0.6) is 11.5 Å². The first-order valence-electron chi connectivity index (χ1n) is 13.1. The third kappa shape index (κ3) is 7.26. The lowest BCUT2D eigenvalue weighted by molar-refractivity contribution is -0.111. The number of fused-ring (bicyclic) bond motifs is 1. The maximum absolute atomic E-state index is 12.2. The smallest absolute Gasteiger partial charge is 0.247 e. The summed E-state index contributed by atoms with van der Waals surface area (Å²) in [6.07, 6.45) is 5.43. The third-order valence-corrected chi connectivity index (χ3v) is 6.81. The highest BCUT2D eigenvalue weighted by Crippen LogP contribution is 2.35. The van der Waals surface area contributed by atoms with Gasteiger partial charge < -0.3 is 24.8 Å². The fourth-order valence-corrected chi connectivity index (χ4v) is 4.54. The predicted octanol–water partition coefficient (Wildman–Crippen LogP) is 4.62. The van der Waals surface area contributed by atoms with Gasteiger partial charge in [-0.25, -0.2) is 9.97 Å². The van der Waals surface area contributed by atoms with Gasteiger partial charge in [0.2, 0.25) is 5.91 Å². The second-order valence-electron chi connectivity index (χ2n) is 9.37. The van der Waals surface area contributed by atoms with Crippen LogP contribution in [0.3, 0.4) is 0 Å². The number of amides is 1. The molecule has 1 fully saturated rings. The Balaban J connectivity index is 1.30. The van der Waals surface area contributed by atoms with Crippen molar-refractivity contribution in [3.05, 3.63) is 78.4 Å². The number of methoxy groups -OCH3 is 1. The van der Waals surface area contributed by atoms with Gasteiger partial charge in [0.05, 0.1) is 28.9 Å². The number of nitrogens with zero attached hydrogens (tertiary/aromatic N) is 5. The Morgan fingerprint density at radius 2 is 2.05 bits per heavy atom. The highest BCUT2D eigenvalue weighted by molar-refractivity contribution is 6.32. The number of likely N-dealkylation sites (tertiary alicyclic amines) is 1. The summed E-state index contributed by atoms with van der Waals surface area (Å²) in [4.78, 5) is 23.4. The molecule has 0 unspecified atom stereocenters. The Labute approximate surface area is 242 Å². The largest absolute Gasteiger partial charge is 0.491 e. The van der Waals surface area contributed by atoms with Gasteiger partial charge in [-0.2, -0.15) is 10.2 Å². The molecule has 11 nitrogen and oxygen atoms in total. The minimum absolute atomic E-state index is 0.243. The number of carbonyl (C=O) groups excluding carboxylic acids is 1. The van der Waals surface area contributed by atoms with Crippen molar-refractivity contribution in [2.45, 2.75) is 19.1 Å². The average Bonchev–Trinajstić information content (AvgIpc) is 2.96. The van der Waals surface area contributed by atoms with E-state index >= 15 is 0 Å². The monoisotopic (exact) mass is 575 g/mol. The lowest BCUT2D eigenvalue weighted by Gasteiger charge is -2.38.